The minimum absolute atomic E-state index is 0.194. The van der Waals surface area contributed by atoms with Gasteiger partial charge in [0.2, 0.25) is 0 Å². The van der Waals surface area contributed by atoms with Gasteiger partial charge in [0.25, 0.3) is 5.91 Å². The number of amides is 1. The first-order chi connectivity index (χ1) is 9.40. The largest absolute Gasteiger partial charge is 0.468 e. The highest BCUT2D eigenvalue weighted by atomic mass is 79.9. The van der Waals surface area contributed by atoms with E-state index in [1.54, 1.807) is 6.92 Å². The molecule has 20 heavy (non-hydrogen) atoms. The highest BCUT2D eigenvalue weighted by Gasteiger charge is 2.25. The predicted molar refractivity (Wildman–Crippen MR) is 72.3 cm³/mol. The molecule has 110 valence electrons. The fraction of sp³-hybridized carbons (Fsp3) is 0.385. The molecule has 0 radical (unpaired) electrons. The fourth-order valence-corrected chi connectivity index (χ4v) is 2.05. The van der Waals surface area contributed by atoms with Crippen molar-refractivity contribution in [3.63, 3.8) is 0 Å². The number of hydrogen-bond acceptors (Lipinski definition) is 3. The molecule has 0 unspecified atom stereocenters. The van der Waals surface area contributed by atoms with Gasteiger partial charge in [-0.2, -0.15) is 0 Å². The van der Waals surface area contributed by atoms with Gasteiger partial charge in [0.1, 0.15) is 23.7 Å². The maximum atomic E-state index is 13.7. The maximum Gasteiger partial charge on any atom is 0.325 e. The number of ether oxygens (including phenoxy) is 1. The Hall–Kier alpha value is -1.50. The van der Waals surface area contributed by atoms with Crippen molar-refractivity contribution in [1.82, 2.24) is 4.90 Å². The van der Waals surface area contributed by atoms with Gasteiger partial charge in [0.15, 0.2) is 0 Å². The Bertz CT molecular complexity index is 499. The van der Waals surface area contributed by atoms with E-state index >= 15 is 0 Å². The molecule has 0 aliphatic carbocycles. The second-order valence-electron chi connectivity index (χ2n) is 4.05. The van der Waals surface area contributed by atoms with Crippen molar-refractivity contribution in [3.8, 4) is 0 Å². The Morgan fingerprint density at radius 3 is 2.30 bits per heavy atom. The van der Waals surface area contributed by atoms with Crippen LogP contribution in [0.1, 0.15) is 23.7 Å². The molecule has 0 aliphatic rings. The number of benzene rings is 1. The zero-order valence-electron chi connectivity index (χ0n) is 11.1. The molecule has 1 amide bonds. The zero-order chi connectivity index (χ0) is 15.3. The number of esters is 1. The van der Waals surface area contributed by atoms with Crippen molar-refractivity contribution < 1.29 is 23.1 Å². The lowest BCUT2D eigenvalue weighted by Crippen LogP contribution is -2.37. The molecule has 0 saturated carbocycles. The third-order valence-electron chi connectivity index (χ3n) is 2.55. The summed E-state index contributed by atoms with van der Waals surface area (Å²) >= 11 is 2.94. The molecule has 0 aromatic heterocycles. The lowest BCUT2D eigenvalue weighted by atomic mass is 10.1. The van der Waals surface area contributed by atoms with E-state index in [0.717, 1.165) is 17.0 Å². The van der Waals surface area contributed by atoms with Crippen LogP contribution < -0.4 is 0 Å². The van der Waals surface area contributed by atoms with E-state index in [2.05, 4.69) is 20.7 Å². The van der Waals surface area contributed by atoms with Crippen molar-refractivity contribution in [2.45, 2.75) is 13.3 Å². The summed E-state index contributed by atoms with van der Waals surface area (Å²) in [4.78, 5) is 24.5. The minimum Gasteiger partial charge on any atom is -0.468 e. The Kier molecular flexibility index (Phi) is 6.06. The van der Waals surface area contributed by atoms with Crippen LogP contribution in [0.4, 0.5) is 8.78 Å². The summed E-state index contributed by atoms with van der Waals surface area (Å²) < 4.78 is 32.2. The van der Waals surface area contributed by atoms with Gasteiger partial charge in [0, 0.05) is 11.0 Å². The summed E-state index contributed by atoms with van der Waals surface area (Å²) in [7, 11) is 1.18. The van der Waals surface area contributed by atoms with Crippen LogP contribution in [0, 0.1) is 11.6 Å². The summed E-state index contributed by atoms with van der Waals surface area (Å²) in [6.07, 6.45) is 0.544. The van der Waals surface area contributed by atoms with E-state index in [4.69, 9.17) is 0 Å². The molecule has 1 rings (SSSR count). The van der Waals surface area contributed by atoms with E-state index in [1.807, 2.05) is 0 Å². The number of carbonyl (C=O) groups excluding carboxylic acids is 2. The predicted octanol–water partition coefficient (Wildman–Crippen LogP) is 2.75. The van der Waals surface area contributed by atoms with Crippen LogP contribution in [0.25, 0.3) is 0 Å². The molecule has 0 aliphatic heterocycles. The average molecular weight is 350 g/mol. The second-order valence-corrected chi connectivity index (χ2v) is 4.96. The third kappa shape index (κ3) is 4.00. The molecule has 7 heteroatoms. The minimum atomic E-state index is -0.979. The summed E-state index contributed by atoms with van der Waals surface area (Å²) in [5.74, 6) is -3.48. The molecule has 0 saturated heterocycles. The number of nitrogens with zero attached hydrogens (tertiary/aromatic N) is 1. The number of methoxy groups -OCH3 is 1. The van der Waals surface area contributed by atoms with Crippen molar-refractivity contribution in [1.29, 1.82) is 0 Å². The molecular formula is C13H14BrF2NO3. The first-order valence-electron chi connectivity index (χ1n) is 5.91. The van der Waals surface area contributed by atoms with E-state index in [0.29, 0.717) is 6.42 Å². The number of hydrogen-bond donors (Lipinski definition) is 0. The van der Waals surface area contributed by atoms with Crippen molar-refractivity contribution in [2.24, 2.45) is 0 Å². The number of carbonyl (C=O) groups is 2. The standard InChI is InChI=1S/C13H14BrF2NO3/c1-3-4-17(7-11(18)20-2)13(19)12-9(15)5-8(14)6-10(12)16/h5-6H,3-4,7H2,1-2H3. The van der Waals surface area contributed by atoms with Crippen molar-refractivity contribution in [2.75, 3.05) is 20.2 Å². The van der Waals surface area contributed by atoms with E-state index in [1.165, 1.54) is 7.11 Å². The molecule has 1 aromatic carbocycles. The van der Waals surface area contributed by atoms with Gasteiger partial charge in [-0.3, -0.25) is 9.59 Å². The smallest absolute Gasteiger partial charge is 0.325 e. The summed E-state index contributed by atoms with van der Waals surface area (Å²) in [5.41, 5.74) is -0.675. The maximum absolute atomic E-state index is 13.7. The van der Waals surface area contributed by atoms with Crippen LogP contribution in [-0.4, -0.2) is 37.0 Å². The Morgan fingerprint density at radius 1 is 1.30 bits per heavy atom. The van der Waals surface area contributed by atoms with Gasteiger partial charge in [0.05, 0.1) is 7.11 Å². The van der Waals surface area contributed by atoms with E-state index in [9.17, 15) is 18.4 Å². The summed E-state index contributed by atoms with van der Waals surface area (Å²) in [6, 6.07) is 2.00. The fourth-order valence-electron chi connectivity index (χ4n) is 1.65. The molecule has 0 bridgehead atoms. The number of rotatable bonds is 5. The molecule has 0 fully saturated rings. The number of halogens is 3. The van der Waals surface area contributed by atoms with Gasteiger partial charge >= 0.3 is 5.97 Å². The van der Waals surface area contributed by atoms with Crippen LogP contribution in [0.15, 0.2) is 16.6 Å². The SMILES string of the molecule is CCCN(CC(=O)OC)C(=O)c1c(F)cc(Br)cc1F. The molecule has 1 aromatic rings. The normalized spacial score (nSPS) is 10.2. The first-order valence-corrected chi connectivity index (χ1v) is 6.70. The monoisotopic (exact) mass is 349 g/mol. The highest BCUT2D eigenvalue weighted by Crippen LogP contribution is 2.21. The average Bonchev–Trinajstić information content (AvgIpc) is 2.36. The molecule has 0 spiro atoms. The zero-order valence-corrected chi connectivity index (χ0v) is 12.7. The van der Waals surface area contributed by atoms with Crippen LogP contribution in [0.2, 0.25) is 0 Å². The Labute approximate surface area is 123 Å². The second kappa shape index (κ2) is 7.33. The van der Waals surface area contributed by atoms with Gasteiger partial charge in [-0.25, -0.2) is 8.78 Å². The summed E-state index contributed by atoms with van der Waals surface area (Å²) in [6.45, 7) is 1.63. The van der Waals surface area contributed by atoms with E-state index < -0.39 is 29.1 Å². The quantitative estimate of drug-likeness (QED) is 0.768. The molecule has 4 nitrogen and oxygen atoms in total. The third-order valence-corrected chi connectivity index (χ3v) is 3.01. The van der Waals surface area contributed by atoms with Crippen molar-refractivity contribution >= 4 is 27.8 Å². The van der Waals surface area contributed by atoms with Crippen LogP contribution in [-0.2, 0) is 9.53 Å². The topological polar surface area (TPSA) is 46.6 Å². The van der Waals surface area contributed by atoms with Gasteiger partial charge < -0.3 is 9.64 Å². The lowest BCUT2D eigenvalue weighted by molar-refractivity contribution is -0.141. The Morgan fingerprint density at radius 2 is 1.85 bits per heavy atom. The van der Waals surface area contributed by atoms with Gasteiger partial charge in [-0.1, -0.05) is 22.9 Å². The highest BCUT2D eigenvalue weighted by molar-refractivity contribution is 9.10. The first kappa shape index (κ1) is 16.6. The lowest BCUT2D eigenvalue weighted by Gasteiger charge is -2.21. The van der Waals surface area contributed by atoms with E-state index in [-0.39, 0.29) is 17.6 Å². The molecular weight excluding hydrogens is 336 g/mol. The summed E-state index contributed by atoms with van der Waals surface area (Å²) in [5, 5.41) is 0. The van der Waals surface area contributed by atoms with Crippen LogP contribution in [0.3, 0.4) is 0 Å². The van der Waals surface area contributed by atoms with Crippen LogP contribution in [0.5, 0.6) is 0 Å². The van der Waals surface area contributed by atoms with Gasteiger partial charge in [-0.05, 0) is 18.6 Å². The Balaban J connectivity index is 3.09. The van der Waals surface area contributed by atoms with Gasteiger partial charge in [-0.15, -0.1) is 0 Å². The molecule has 0 N–H and O–H groups in total. The molecule has 0 atom stereocenters. The molecule has 0 heterocycles. The van der Waals surface area contributed by atoms with Crippen LogP contribution >= 0.6 is 15.9 Å². The van der Waals surface area contributed by atoms with Crippen molar-refractivity contribution in [3.05, 3.63) is 33.8 Å².